The van der Waals surface area contributed by atoms with Crippen molar-refractivity contribution >= 4 is 11.6 Å². The van der Waals surface area contributed by atoms with E-state index in [1.54, 1.807) is 0 Å². The maximum atomic E-state index is 6.55. The summed E-state index contributed by atoms with van der Waals surface area (Å²) in [4.78, 5) is 0. The first-order valence-corrected chi connectivity index (χ1v) is 8.83. The maximum absolute atomic E-state index is 6.55. The Morgan fingerprint density at radius 3 is 2.20 bits per heavy atom. The van der Waals surface area contributed by atoms with Crippen molar-refractivity contribution in [1.29, 1.82) is 0 Å². The Bertz CT molecular complexity index is 264. The Balaban J connectivity index is 4.16. The van der Waals surface area contributed by atoms with Gasteiger partial charge in [-0.05, 0) is 43.9 Å². The molecule has 0 rings (SSSR count). The minimum atomic E-state index is 0.315. The summed E-state index contributed by atoms with van der Waals surface area (Å²) in [5.41, 5.74) is 1.13. The molecule has 0 fully saturated rings. The molecule has 0 aromatic heterocycles. The number of allylic oxidation sites excluding steroid dienone is 1. The lowest BCUT2D eigenvalue weighted by Gasteiger charge is -2.30. The van der Waals surface area contributed by atoms with E-state index in [1.807, 2.05) is 0 Å². The molecule has 0 heterocycles. The van der Waals surface area contributed by atoms with Crippen LogP contribution in [0.3, 0.4) is 0 Å². The van der Waals surface area contributed by atoms with E-state index >= 15 is 0 Å². The monoisotopic (exact) mass is 301 g/mol. The van der Waals surface area contributed by atoms with Crippen molar-refractivity contribution in [3.63, 3.8) is 0 Å². The first-order chi connectivity index (χ1) is 9.31. The smallest absolute Gasteiger partial charge is 0.0341 e. The van der Waals surface area contributed by atoms with E-state index < -0.39 is 0 Å². The molecule has 1 N–H and O–H groups in total. The number of alkyl halides is 1. The number of nitrogens with one attached hydrogen (secondary N) is 1. The molecule has 0 aliphatic heterocycles. The van der Waals surface area contributed by atoms with E-state index in [0.29, 0.717) is 23.3 Å². The van der Waals surface area contributed by atoms with Gasteiger partial charge in [0, 0.05) is 17.1 Å². The number of halogens is 1. The van der Waals surface area contributed by atoms with Gasteiger partial charge in [-0.1, -0.05) is 54.0 Å². The predicted molar refractivity (Wildman–Crippen MR) is 93.3 cm³/mol. The Hall–Kier alpha value is -0.170. The second kappa shape index (κ2) is 10.5. The van der Waals surface area contributed by atoms with Crippen LogP contribution in [0.2, 0.25) is 0 Å². The Morgan fingerprint density at radius 2 is 1.70 bits per heavy atom. The Labute approximate surface area is 132 Å². The zero-order valence-corrected chi connectivity index (χ0v) is 15.3. The minimum Gasteiger partial charge on any atom is -0.386 e. The second-order valence-electron chi connectivity index (χ2n) is 6.69. The summed E-state index contributed by atoms with van der Waals surface area (Å²) in [5, 5.41) is 3.82. The summed E-state index contributed by atoms with van der Waals surface area (Å²) in [5.74, 6) is 2.00. The van der Waals surface area contributed by atoms with E-state index in [9.17, 15) is 0 Å². The second-order valence-corrected chi connectivity index (χ2v) is 7.31. The van der Waals surface area contributed by atoms with Gasteiger partial charge in [0.2, 0.25) is 0 Å². The van der Waals surface area contributed by atoms with Crippen LogP contribution in [0.25, 0.3) is 0 Å². The normalized spacial score (nSPS) is 18.9. The fourth-order valence-electron chi connectivity index (χ4n) is 2.81. The van der Waals surface area contributed by atoms with Gasteiger partial charge in [-0.15, -0.1) is 11.6 Å². The van der Waals surface area contributed by atoms with Gasteiger partial charge in [-0.25, -0.2) is 0 Å². The Morgan fingerprint density at radius 1 is 1.10 bits per heavy atom. The third kappa shape index (κ3) is 8.19. The quantitative estimate of drug-likeness (QED) is 0.463. The van der Waals surface area contributed by atoms with Gasteiger partial charge in [0.1, 0.15) is 0 Å². The van der Waals surface area contributed by atoms with Gasteiger partial charge in [0.05, 0.1) is 0 Å². The van der Waals surface area contributed by atoms with Crippen molar-refractivity contribution in [3.05, 3.63) is 12.3 Å². The molecule has 0 aliphatic carbocycles. The van der Waals surface area contributed by atoms with Gasteiger partial charge in [-0.3, -0.25) is 0 Å². The van der Waals surface area contributed by atoms with Crippen LogP contribution in [-0.2, 0) is 0 Å². The number of rotatable bonds is 11. The van der Waals surface area contributed by atoms with E-state index in [2.05, 4.69) is 53.4 Å². The van der Waals surface area contributed by atoms with E-state index in [1.165, 1.54) is 12.8 Å². The lowest BCUT2D eigenvalue weighted by atomic mass is 9.84. The Kier molecular flexibility index (Phi) is 10.5. The molecule has 20 heavy (non-hydrogen) atoms. The zero-order valence-electron chi connectivity index (χ0n) is 14.5. The standard InChI is InChI=1S/C18H36ClN/c1-8-10-13(3)11-18(19)12-14(4)16(6)17(7)20-15(5)9-2/h13-14,16-18,20H,5,8-12H2,1-4,6-7H3. The highest BCUT2D eigenvalue weighted by molar-refractivity contribution is 6.20. The number of hydrogen-bond donors (Lipinski definition) is 1. The van der Waals surface area contributed by atoms with Gasteiger partial charge in [-0.2, -0.15) is 0 Å². The molecule has 1 nitrogen and oxygen atoms in total. The van der Waals surface area contributed by atoms with Gasteiger partial charge in [0.15, 0.2) is 0 Å². The molecule has 0 aliphatic rings. The molecular weight excluding hydrogens is 266 g/mol. The highest BCUT2D eigenvalue weighted by atomic mass is 35.5. The van der Waals surface area contributed by atoms with Gasteiger partial charge in [0.25, 0.3) is 0 Å². The summed E-state index contributed by atoms with van der Waals surface area (Å²) >= 11 is 6.55. The van der Waals surface area contributed by atoms with Crippen LogP contribution in [0.4, 0.5) is 0 Å². The third-order valence-corrected chi connectivity index (χ3v) is 4.97. The molecule has 5 unspecified atom stereocenters. The average molecular weight is 302 g/mol. The first-order valence-electron chi connectivity index (χ1n) is 8.40. The molecule has 0 saturated carbocycles. The van der Waals surface area contributed by atoms with E-state index in [4.69, 9.17) is 11.6 Å². The van der Waals surface area contributed by atoms with Crippen LogP contribution in [0.1, 0.15) is 73.6 Å². The lowest BCUT2D eigenvalue weighted by molar-refractivity contribution is 0.284. The van der Waals surface area contributed by atoms with E-state index in [0.717, 1.165) is 30.9 Å². The van der Waals surface area contributed by atoms with Crippen LogP contribution in [-0.4, -0.2) is 11.4 Å². The van der Waals surface area contributed by atoms with Crippen molar-refractivity contribution < 1.29 is 0 Å². The third-order valence-electron chi connectivity index (χ3n) is 4.61. The minimum absolute atomic E-state index is 0.315. The van der Waals surface area contributed by atoms with Crippen molar-refractivity contribution in [1.82, 2.24) is 5.32 Å². The largest absolute Gasteiger partial charge is 0.386 e. The highest BCUT2D eigenvalue weighted by Crippen LogP contribution is 2.27. The first kappa shape index (κ1) is 19.8. The van der Waals surface area contributed by atoms with Crippen molar-refractivity contribution in [2.75, 3.05) is 0 Å². The predicted octanol–water partition coefficient (Wildman–Crippen LogP) is 5.98. The molecule has 0 radical (unpaired) electrons. The molecule has 0 aromatic carbocycles. The molecule has 2 heteroatoms. The zero-order chi connectivity index (χ0) is 15.7. The SMILES string of the molecule is C=C(CC)NC(C)C(C)C(C)CC(Cl)CC(C)CCC. The topological polar surface area (TPSA) is 12.0 Å². The van der Waals surface area contributed by atoms with Gasteiger partial charge >= 0.3 is 0 Å². The fourth-order valence-corrected chi connectivity index (χ4v) is 3.40. The summed E-state index contributed by atoms with van der Waals surface area (Å²) in [6.45, 7) is 17.7. The summed E-state index contributed by atoms with van der Waals surface area (Å²) in [7, 11) is 0. The molecule has 120 valence electrons. The fraction of sp³-hybridized carbons (Fsp3) is 0.889. The van der Waals surface area contributed by atoms with Crippen molar-refractivity contribution in [3.8, 4) is 0 Å². The lowest BCUT2D eigenvalue weighted by Crippen LogP contribution is -2.35. The van der Waals surface area contributed by atoms with Crippen molar-refractivity contribution in [2.24, 2.45) is 17.8 Å². The molecule has 0 saturated heterocycles. The molecule has 0 spiro atoms. The van der Waals surface area contributed by atoms with Crippen LogP contribution in [0.5, 0.6) is 0 Å². The summed E-state index contributed by atoms with van der Waals surface area (Å²) in [6, 6.07) is 0.467. The highest BCUT2D eigenvalue weighted by Gasteiger charge is 2.22. The molecule has 0 aromatic rings. The average Bonchev–Trinajstić information content (AvgIpc) is 2.37. The molecule has 0 bridgehead atoms. The molecular formula is C18H36ClN. The maximum Gasteiger partial charge on any atom is 0.0341 e. The summed E-state index contributed by atoms with van der Waals surface area (Å²) in [6.07, 6.45) is 5.81. The summed E-state index contributed by atoms with van der Waals surface area (Å²) < 4.78 is 0. The molecule has 5 atom stereocenters. The van der Waals surface area contributed by atoms with Gasteiger partial charge < -0.3 is 5.32 Å². The van der Waals surface area contributed by atoms with Crippen LogP contribution < -0.4 is 5.32 Å². The van der Waals surface area contributed by atoms with E-state index in [-0.39, 0.29) is 0 Å². The van der Waals surface area contributed by atoms with Crippen LogP contribution in [0.15, 0.2) is 12.3 Å². The number of hydrogen-bond acceptors (Lipinski definition) is 1. The molecule has 0 amide bonds. The van der Waals surface area contributed by atoms with Crippen LogP contribution in [0, 0.1) is 17.8 Å². The van der Waals surface area contributed by atoms with Crippen molar-refractivity contribution in [2.45, 2.75) is 85.1 Å². The van der Waals surface area contributed by atoms with Crippen LogP contribution >= 0.6 is 11.6 Å².